The zero-order valence-electron chi connectivity index (χ0n) is 17.1. The summed E-state index contributed by atoms with van der Waals surface area (Å²) in [5.41, 5.74) is 0.261. The highest BCUT2D eigenvalue weighted by molar-refractivity contribution is 14.0. The number of nitrogens with zero attached hydrogens (tertiary/aromatic N) is 2. The fraction of sp³-hybridized carbons (Fsp3) is 0.550. The summed E-state index contributed by atoms with van der Waals surface area (Å²) in [4.78, 5) is 30.5. The second-order valence-corrected chi connectivity index (χ2v) is 6.82. The third-order valence-corrected chi connectivity index (χ3v) is 4.81. The highest BCUT2D eigenvalue weighted by atomic mass is 127. The fourth-order valence-electron chi connectivity index (χ4n) is 3.23. The number of likely N-dealkylation sites (tertiary alicyclic amines) is 1. The molecule has 0 aromatic heterocycles. The molecule has 162 valence electrons. The number of phenols is 1. The molecule has 2 rings (SSSR count). The van der Waals surface area contributed by atoms with Crippen LogP contribution in [0.1, 0.15) is 36.5 Å². The molecule has 1 aromatic rings. The Morgan fingerprint density at radius 2 is 1.90 bits per heavy atom. The molecule has 0 aliphatic carbocycles. The summed E-state index contributed by atoms with van der Waals surface area (Å²) < 4.78 is 0. The van der Waals surface area contributed by atoms with Crippen molar-refractivity contribution in [1.82, 2.24) is 20.9 Å². The predicted molar refractivity (Wildman–Crippen MR) is 125 cm³/mol. The van der Waals surface area contributed by atoms with E-state index in [1.807, 2.05) is 6.92 Å². The van der Waals surface area contributed by atoms with Crippen LogP contribution in [0.15, 0.2) is 29.3 Å². The molecule has 0 unspecified atom stereocenters. The summed E-state index contributed by atoms with van der Waals surface area (Å²) in [5, 5.41) is 18.5. The van der Waals surface area contributed by atoms with E-state index in [4.69, 9.17) is 0 Å². The van der Waals surface area contributed by atoms with Gasteiger partial charge in [0.2, 0.25) is 5.91 Å². The number of guanidine groups is 1. The van der Waals surface area contributed by atoms with E-state index >= 15 is 0 Å². The number of hydrogen-bond donors (Lipinski definition) is 4. The number of hydrogen-bond acceptors (Lipinski definition) is 4. The molecule has 0 saturated carbocycles. The van der Waals surface area contributed by atoms with Crippen molar-refractivity contribution in [1.29, 1.82) is 0 Å². The minimum atomic E-state index is -0.312. The number of para-hydroxylation sites is 1. The quantitative estimate of drug-likeness (QED) is 0.190. The molecule has 1 aromatic carbocycles. The van der Waals surface area contributed by atoms with Gasteiger partial charge in [-0.2, -0.15) is 0 Å². The van der Waals surface area contributed by atoms with Crippen molar-refractivity contribution < 1.29 is 14.7 Å². The molecule has 0 radical (unpaired) electrons. The number of nitrogens with one attached hydrogen (secondary N) is 3. The monoisotopic (exact) mass is 517 g/mol. The van der Waals surface area contributed by atoms with E-state index < -0.39 is 0 Å². The van der Waals surface area contributed by atoms with E-state index in [0.717, 1.165) is 38.4 Å². The first kappa shape index (κ1) is 25.0. The van der Waals surface area contributed by atoms with Crippen LogP contribution in [-0.2, 0) is 4.79 Å². The van der Waals surface area contributed by atoms with E-state index in [0.29, 0.717) is 25.4 Å². The summed E-state index contributed by atoms with van der Waals surface area (Å²) in [7, 11) is 1.67. The lowest BCUT2D eigenvalue weighted by Crippen LogP contribution is -2.46. The Morgan fingerprint density at radius 1 is 1.21 bits per heavy atom. The van der Waals surface area contributed by atoms with Gasteiger partial charge in [0.15, 0.2) is 5.96 Å². The van der Waals surface area contributed by atoms with Crippen molar-refractivity contribution in [2.24, 2.45) is 10.9 Å². The van der Waals surface area contributed by atoms with Gasteiger partial charge in [0.25, 0.3) is 5.91 Å². The Morgan fingerprint density at radius 3 is 2.52 bits per heavy atom. The molecular formula is C20H32IN5O3. The smallest absolute Gasteiger partial charge is 0.255 e. The van der Waals surface area contributed by atoms with Crippen LogP contribution in [0.3, 0.4) is 0 Å². The van der Waals surface area contributed by atoms with E-state index in [9.17, 15) is 14.7 Å². The van der Waals surface area contributed by atoms with Crippen molar-refractivity contribution in [3.63, 3.8) is 0 Å². The maximum atomic E-state index is 12.1. The van der Waals surface area contributed by atoms with Crippen LogP contribution in [0.4, 0.5) is 0 Å². The van der Waals surface area contributed by atoms with Crippen molar-refractivity contribution >= 4 is 41.8 Å². The standard InChI is InChI=1S/C20H31N5O3.HI/c1-3-22-20(25-12-8-15(9-13-25)14-18(27)21-2)24-11-10-23-19(28)16-6-4-5-7-17(16)26;/h4-7,15,26H,3,8-14H2,1-2H3,(H,21,27)(H,22,24)(H,23,28);1H. The lowest BCUT2D eigenvalue weighted by atomic mass is 9.93. The first-order chi connectivity index (χ1) is 13.5. The van der Waals surface area contributed by atoms with E-state index in [2.05, 4.69) is 25.8 Å². The topological polar surface area (TPSA) is 106 Å². The number of rotatable bonds is 7. The molecule has 4 N–H and O–H groups in total. The number of carbonyl (C=O) groups excluding carboxylic acids is 2. The summed E-state index contributed by atoms with van der Waals surface area (Å²) in [6.07, 6.45) is 2.50. The van der Waals surface area contributed by atoms with Crippen molar-refractivity contribution in [2.75, 3.05) is 39.8 Å². The van der Waals surface area contributed by atoms with Gasteiger partial charge in [-0.25, -0.2) is 0 Å². The lowest BCUT2D eigenvalue weighted by molar-refractivity contribution is -0.121. The number of piperidine rings is 1. The van der Waals surface area contributed by atoms with E-state index in [-0.39, 0.29) is 47.1 Å². The molecule has 1 saturated heterocycles. The number of carbonyl (C=O) groups is 2. The van der Waals surface area contributed by atoms with E-state index in [1.165, 1.54) is 6.07 Å². The molecule has 1 fully saturated rings. The molecule has 8 nitrogen and oxygen atoms in total. The van der Waals surface area contributed by atoms with Crippen LogP contribution in [0.25, 0.3) is 0 Å². The van der Waals surface area contributed by atoms with Crippen molar-refractivity contribution in [3.05, 3.63) is 29.8 Å². The molecular weight excluding hydrogens is 485 g/mol. The fourth-order valence-corrected chi connectivity index (χ4v) is 3.23. The molecule has 9 heteroatoms. The van der Waals surface area contributed by atoms with Gasteiger partial charge in [-0.05, 0) is 37.8 Å². The Kier molecular flexibility index (Phi) is 11.4. The maximum absolute atomic E-state index is 12.1. The summed E-state index contributed by atoms with van der Waals surface area (Å²) in [6, 6.07) is 6.46. The largest absolute Gasteiger partial charge is 0.507 e. The van der Waals surface area contributed by atoms with E-state index in [1.54, 1.807) is 25.2 Å². The number of aromatic hydroxyl groups is 1. The molecule has 0 atom stereocenters. The summed E-state index contributed by atoms with van der Waals surface area (Å²) >= 11 is 0. The van der Waals surface area contributed by atoms with Gasteiger partial charge in [0.1, 0.15) is 5.75 Å². The van der Waals surface area contributed by atoms with Gasteiger partial charge >= 0.3 is 0 Å². The number of amides is 2. The van der Waals surface area contributed by atoms with Crippen LogP contribution >= 0.6 is 24.0 Å². The normalized spacial score (nSPS) is 14.7. The Labute approximate surface area is 189 Å². The Bertz CT molecular complexity index is 690. The second-order valence-electron chi connectivity index (χ2n) is 6.82. The van der Waals surface area contributed by atoms with Crippen LogP contribution in [-0.4, -0.2) is 67.6 Å². The minimum absolute atomic E-state index is 0. The zero-order valence-corrected chi connectivity index (χ0v) is 19.4. The molecule has 29 heavy (non-hydrogen) atoms. The van der Waals surface area contributed by atoms with Crippen LogP contribution in [0.5, 0.6) is 5.75 Å². The van der Waals surface area contributed by atoms with Crippen molar-refractivity contribution in [3.8, 4) is 5.75 Å². The Balaban J connectivity index is 0.00000420. The zero-order chi connectivity index (χ0) is 20.4. The Hall–Kier alpha value is -2.04. The van der Waals surface area contributed by atoms with Gasteiger partial charge < -0.3 is 26.0 Å². The van der Waals surface area contributed by atoms with Gasteiger partial charge in [-0.15, -0.1) is 24.0 Å². The second kappa shape index (κ2) is 13.2. The highest BCUT2D eigenvalue weighted by Gasteiger charge is 2.23. The first-order valence-corrected chi connectivity index (χ1v) is 9.85. The summed E-state index contributed by atoms with van der Waals surface area (Å²) in [5.74, 6) is 0.999. The molecule has 2 amide bonds. The number of phenolic OH excluding ortho intramolecular Hbond substituents is 1. The van der Waals surface area contributed by atoms with Crippen LogP contribution < -0.4 is 16.0 Å². The lowest BCUT2D eigenvalue weighted by Gasteiger charge is -2.34. The number of halogens is 1. The first-order valence-electron chi connectivity index (χ1n) is 9.85. The van der Waals surface area contributed by atoms with Gasteiger partial charge in [-0.3, -0.25) is 14.6 Å². The molecule has 1 aliphatic rings. The average Bonchev–Trinajstić information content (AvgIpc) is 2.71. The maximum Gasteiger partial charge on any atom is 0.255 e. The van der Waals surface area contributed by atoms with Crippen molar-refractivity contribution in [2.45, 2.75) is 26.2 Å². The van der Waals surface area contributed by atoms with Gasteiger partial charge in [0.05, 0.1) is 12.1 Å². The SMILES string of the molecule is CCNC(=NCCNC(=O)c1ccccc1O)N1CCC(CC(=O)NC)CC1.I. The van der Waals surface area contributed by atoms with Crippen LogP contribution in [0, 0.1) is 5.92 Å². The van der Waals surface area contributed by atoms with Crippen LogP contribution in [0.2, 0.25) is 0 Å². The molecule has 1 heterocycles. The van der Waals surface area contributed by atoms with Gasteiger partial charge in [-0.1, -0.05) is 12.1 Å². The number of aliphatic imine (C=N–C) groups is 1. The third-order valence-electron chi connectivity index (χ3n) is 4.81. The minimum Gasteiger partial charge on any atom is -0.507 e. The third kappa shape index (κ3) is 8.08. The highest BCUT2D eigenvalue weighted by Crippen LogP contribution is 2.20. The molecule has 1 aliphatic heterocycles. The molecule has 0 spiro atoms. The average molecular weight is 517 g/mol. The van der Waals surface area contributed by atoms with Gasteiger partial charge in [0, 0.05) is 39.6 Å². The predicted octanol–water partition coefficient (Wildman–Crippen LogP) is 1.55. The molecule has 0 bridgehead atoms. The number of benzene rings is 1. The summed E-state index contributed by atoms with van der Waals surface area (Å²) in [6.45, 7) is 5.33.